The minimum atomic E-state index is -0.983. The molecule has 5 heteroatoms. The largest absolute Gasteiger partial charge is 0.384 e. The number of hydrogen-bond donors (Lipinski definition) is 3. The molecule has 1 aromatic rings. The lowest BCUT2D eigenvalue weighted by atomic mass is 9.96. The van der Waals surface area contributed by atoms with E-state index in [1.54, 1.807) is 6.92 Å². The number of nitrogens with one attached hydrogen (secondary N) is 2. The standard InChI is InChI=1S/C16H27N3O2/c1-4-17-15(18-11-12-21-5-2)19-13-16(3,20)14-9-7-6-8-10-14/h6-10,20H,4-5,11-13H2,1-3H3,(H2,17,18,19). The predicted octanol–water partition coefficient (Wildman–Crippen LogP) is 1.49. The van der Waals surface area contributed by atoms with Crippen LogP contribution in [-0.4, -0.2) is 43.9 Å². The first-order valence-corrected chi connectivity index (χ1v) is 7.48. The molecule has 0 fully saturated rings. The molecule has 21 heavy (non-hydrogen) atoms. The zero-order valence-electron chi connectivity index (χ0n) is 13.2. The zero-order valence-corrected chi connectivity index (χ0v) is 13.2. The van der Waals surface area contributed by atoms with Crippen molar-refractivity contribution in [2.75, 3.05) is 32.8 Å². The first-order valence-electron chi connectivity index (χ1n) is 7.48. The van der Waals surface area contributed by atoms with Crippen molar-refractivity contribution in [2.45, 2.75) is 26.4 Å². The third-order valence-electron chi connectivity index (χ3n) is 3.03. The fraction of sp³-hybridized carbons (Fsp3) is 0.562. The van der Waals surface area contributed by atoms with E-state index in [-0.39, 0.29) is 0 Å². The summed E-state index contributed by atoms with van der Waals surface area (Å²) in [5.41, 5.74) is -0.123. The molecule has 118 valence electrons. The van der Waals surface area contributed by atoms with Gasteiger partial charge >= 0.3 is 0 Å². The van der Waals surface area contributed by atoms with Crippen LogP contribution in [0, 0.1) is 0 Å². The van der Waals surface area contributed by atoms with Crippen LogP contribution in [0.25, 0.3) is 0 Å². The van der Waals surface area contributed by atoms with Crippen molar-refractivity contribution in [3.05, 3.63) is 35.9 Å². The maximum Gasteiger partial charge on any atom is 0.191 e. The number of aliphatic hydroxyl groups is 1. The lowest BCUT2D eigenvalue weighted by Crippen LogP contribution is -2.40. The Labute approximate surface area is 127 Å². The Morgan fingerprint density at radius 1 is 1.24 bits per heavy atom. The van der Waals surface area contributed by atoms with Crippen LogP contribution in [-0.2, 0) is 10.3 Å². The van der Waals surface area contributed by atoms with Crippen molar-refractivity contribution in [3.8, 4) is 0 Å². The summed E-state index contributed by atoms with van der Waals surface area (Å²) in [6.07, 6.45) is 0. The highest BCUT2D eigenvalue weighted by molar-refractivity contribution is 5.79. The van der Waals surface area contributed by atoms with Gasteiger partial charge in [0.15, 0.2) is 5.96 Å². The van der Waals surface area contributed by atoms with Crippen LogP contribution < -0.4 is 10.6 Å². The summed E-state index contributed by atoms with van der Waals surface area (Å²) in [5, 5.41) is 16.9. The molecule has 0 saturated carbocycles. The van der Waals surface area contributed by atoms with Gasteiger partial charge in [0.2, 0.25) is 0 Å². The van der Waals surface area contributed by atoms with Gasteiger partial charge in [0.25, 0.3) is 0 Å². The van der Waals surface area contributed by atoms with E-state index in [9.17, 15) is 5.11 Å². The molecule has 0 radical (unpaired) electrons. The van der Waals surface area contributed by atoms with Crippen molar-refractivity contribution in [2.24, 2.45) is 4.99 Å². The molecule has 5 nitrogen and oxygen atoms in total. The Bertz CT molecular complexity index is 419. The molecule has 0 spiro atoms. The van der Waals surface area contributed by atoms with Gasteiger partial charge in [-0.3, -0.25) is 0 Å². The summed E-state index contributed by atoms with van der Waals surface area (Å²) in [7, 11) is 0. The van der Waals surface area contributed by atoms with E-state index < -0.39 is 5.60 Å². The summed E-state index contributed by atoms with van der Waals surface area (Å²) >= 11 is 0. The highest BCUT2D eigenvalue weighted by Gasteiger charge is 2.22. The van der Waals surface area contributed by atoms with Gasteiger partial charge in [-0.25, -0.2) is 4.99 Å². The van der Waals surface area contributed by atoms with E-state index in [0.29, 0.717) is 32.3 Å². The summed E-state index contributed by atoms with van der Waals surface area (Å²) in [4.78, 5) is 4.45. The smallest absolute Gasteiger partial charge is 0.191 e. The molecule has 0 aliphatic heterocycles. The molecule has 0 amide bonds. The van der Waals surface area contributed by atoms with Gasteiger partial charge in [0.05, 0.1) is 13.2 Å². The number of nitrogens with zero attached hydrogens (tertiary/aromatic N) is 1. The van der Waals surface area contributed by atoms with Gasteiger partial charge in [-0.05, 0) is 26.3 Å². The van der Waals surface area contributed by atoms with Crippen LogP contribution >= 0.6 is 0 Å². The monoisotopic (exact) mass is 293 g/mol. The molecule has 1 unspecified atom stereocenters. The Hall–Kier alpha value is -1.59. The number of guanidine groups is 1. The van der Waals surface area contributed by atoms with Gasteiger partial charge in [0, 0.05) is 19.7 Å². The summed E-state index contributed by atoms with van der Waals surface area (Å²) in [6.45, 7) is 8.84. The summed E-state index contributed by atoms with van der Waals surface area (Å²) < 4.78 is 5.28. The fourth-order valence-electron chi connectivity index (χ4n) is 1.85. The molecule has 0 heterocycles. The Morgan fingerprint density at radius 3 is 2.57 bits per heavy atom. The number of ether oxygens (including phenoxy) is 1. The summed E-state index contributed by atoms with van der Waals surface area (Å²) in [6, 6.07) is 9.58. The van der Waals surface area contributed by atoms with Gasteiger partial charge < -0.3 is 20.5 Å². The maximum absolute atomic E-state index is 10.5. The SMILES string of the molecule is CCNC(=NCC(C)(O)c1ccccc1)NCCOCC. The van der Waals surface area contributed by atoms with Crippen LogP contribution in [0.1, 0.15) is 26.3 Å². The lowest BCUT2D eigenvalue weighted by molar-refractivity contribution is 0.0672. The van der Waals surface area contributed by atoms with Gasteiger partial charge in [-0.15, -0.1) is 0 Å². The number of benzene rings is 1. The van der Waals surface area contributed by atoms with E-state index in [0.717, 1.165) is 12.1 Å². The zero-order chi connectivity index (χ0) is 15.6. The molecule has 1 aromatic carbocycles. The third kappa shape index (κ3) is 6.60. The van der Waals surface area contributed by atoms with Crippen LogP contribution in [0.4, 0.5) is 0 Å². The number of aliphatic imine (C=N–C) groups is 1. The highest BCUT2D eigenvalue weighted by atomic mass is 16.5. The fourth-order valence-corrected chi connectivity index (χ4v) is 1.85. The second kappa shape index (κ2) is 9.37. The van der Waals surface area contributed by atoms with Crippen LogP contribution in [0.3, 0.4) is 0 Å². The normalized spacial score (nSPS) is 14.6. The molecular formula is C16H27N3O2. The van der Waals surface area contributed by atoms with E-state index in [1.807, 2.05) is 44.2 Å². The Balaban J connectivity index is 2.59. The lowest BCUT2D eigenvalue weighted by Gasteiger charge is -2.22. The second-order valence-corrected chi connectivity index (χ2v) is 4.96. The van der Waals surface area contributed by atoms with Gasteiger partial charge in [0.1, 0.15) is 5.60 Å². The van der Waals surface area contributed by atoms with Crippen molar-refractivity contribution in [3.63, 3.8) is 0 Å². The van der Waals surface area contributed by atoms with Gasteiger partial charge in [-0.1, -0.05) is 30.3 Å². The van der Waals surface area contributed by atoms with E-state index in [4.69, 9.17) is 4.74 Å². The minimum absolute atomic E-state index is 0.293. The third-order valence-corrected chi connectivity index (χ3v) is 3.03. The van der Waals surface area contributed by atoms with Crippen molar-refractivity contribution in [1.82, 2.24) is 10.6 Å². The van der Waals surface area contributed by atoms with Crippen molar-refractivity contribution >= 4 is 5.96 Å². The molecule has 0 saturated heterocycles. The molecule has 0 bridgehead atoms. The topological polar surface area (TPSA) is 65.9 Å². The van der Waals surface area contributed by atoms with E-state index >= 15 is 0 Å². The summed E-state index contributed by atoms with van der Waals surface area (Å²) in [5.74, 6) is 0.688. The molecule has 3 N–H and O–H groups in total. The molecule has 1 rings (SSSR count). The minimum Gasteiger partial charge on any atom is -0.384 e. The highest BCUT2D eigenvalue weighted by Crippen LogP contribution is 2.20. The first-order chi connectivity index (χ1) is 10.1. The number of rotatable bonds is 8. The van der Waals surface area contributed by atoms with Crippen LogP contribution in [0.15, 0.2) is 35.3 Å². The van der Waals surface area contributed by atoms with Crippen molar-refractivity contribution in [1.29, 1.82) is 0 Å². The van der Waals surface area contributed by atoms with Crippen LogP contribution in [0.2, 0.25) is 0 Å². The molecule has 0 aromatic heterocycles. The average Bonchev–Trinajstić information content (AvgIpc) is 2.50. The molecule has 0 aliphatic carbocycles. The molecule has 0 aliphatic rings. The van der Waals surface area contributed by atoms with E-state index in [2.05, 4.69) is 15.6 Å². The van der Waals surface area contributed by atoms with Crippen molar-refractivity contribution < 1.29 is 9.84 Å². The Morgan fingerprint density at radius 2 is 1.95 bits per heavy atom. The van der Waals surface area contributed by atoms with Crippen LogP contribution in [0.5, 0.6) is 0 Å². The van der Waals surface area contributed by atoms with Gasteiger partial charge in [-0.2, -0.15) is 0 Å². The molecular weight excluding hydrogens is 266 g/mol. The first kappa shape index (κ1) is 17.5. The average molecular weight is 293 g/mol. The quantitative estimate of drug-likeness (QED) is 0.386. The maximum atomic E-state index is 10.5. The van der Waals surface area contributed by atoms with E-state index in [1.165, 1.54) is 0 Å². The number of hydrogen-bond acceptors (Lipinski definition) is 3. The Kier molecular flexibility index (Phi) is 7.79. The second-order valence-electron chi connectivity index (χ2n) is 4.96. The predicted molar refractivity (Wildman–Crippen MR) is 86.5 cm³/mol. The molecule has 1 atom stereocenters.